The number of fused-ring (bicyclic) bond motifs is 1. The monoisotopic (exact) mass is 424 g/mol. The minimum absolute atomic E-state index is 0.419. The number of hydrogen-bond donors (Lipinski definition) is 2. The van der Waals surface area contributed by atoms with Gasteiger partial charge in [-0.25, -0.2) is 10.5 Å². The van der Waals surface area contributed by atoms with E-state index >= 15 is 0 Å². The van der Waals surface area contributed by atoms with Crippen LogP contribution in [-0.4, -0.2) is 33.8 Å². The Morgan fingerprint density at radius 1 is 1.06 bits per heavy atom. The molecule has 160 valence electrons. The molecule has 5 rings (SSSR count). The van der Waals surface area contributed by atoms with E-state index < -0.39 is 5.91 Å². The average Bonchev–Trinajstić information content (AvgIpc) is 3.26. The first kappa shape index (κ1) is 20.0. The van der Waals surface area contributed by atoms with Crippen LogP contribution >= 0.6 is 0 Å². The summed E-state index contributed by atoms with van der Waals surface area (Å²) < 4.78 is 2.10. The number of nitrogens with zero attached hydrogens (tertiary/aromatic N) is 3. The maximum atomic E-state index is 11.5. The smallest absolute Gasteiger partial charge is 0.274 e. The van der Waals surface area contributed by atoms with Crippen LogP contribution in [0.5, 0.6) is 0 Å². The van der Waals surface area contributed by atoms with E-state index in [1.165, 1.54) is 11.1 Å². The Balaban J connectivity index is 1.31. The van der Waals surface area contributed by atoms with Gasteiger partial charge in [-0.1, -0.05) is 48.5 Å². The quantitative estimate of drug-likeness (QED) is 0.366. The van der Waals surface area contributed by atoms with Gasteiger partial charge in [0.05, 0.1) is 11.9 Å². The average molecular weight is 425 g/mol. The summed E-state index contributed by atoms with van der Waals surface area (Å²) in [5, 5.41) is 9.85. The first-order valence-electron chi connectivity index (χ1n) is 10.7. The summed E-state index contributed by atoms with van der Waals surface area (Å²) in [6.45, 7) is 2.51. The Bertz CT molecular complexity index is 1280. The first-order valence-corrected chi connectivity index (χ1v) is 10.7. The second kappa shape index (κ2) is 8.69. The van der Waals surface area contributed by atoms with Crippen molar-refractivity contribution in [3.63, 3.8) is 0 Å². The molecule has 0 fully saturated rings. The number of aromatic nitrogens is 2. The first-order chi connectivity index (χ1) is 15.7. The molecule has 1 aliphatic heterocycles. The van der Waals surface area contributed by atoms with Crippen molar-refractivity contribution in [3.05, 3.63) is 102 Å². The van der Waals surface area contributed by atoms with Gasteiger partial charge in [0.15, 0.2) is 0 Å². The molecule has 32 heavy (non-hydrogen) atoms. The summed E-state index contributed by atoms with van der Waals surface area (Å²) >= 11 is 0. The molecule has 6 nitrogen and oxygen atoms in total. The fourth-order valence-electron chi connectivity index (χ4n) is 4.21. The fourth-order valence-corrected chi connectivity index (χ4v) is 4.21. The highest BCUT2D eigenvalue weighted by molar-refractivity contribution is 5.93. The van der Waals surface area contributed by atoms with Crippen molar-refractivity contribution in [1.29, 1.82) is 0 Å². The summed E-state index contributed by atoms with van der Waals surface area (Å²) in [7, 11) is 0. The van der Waals surface area contributed by atoms with E-state index in [2.05, 4.69) is 58.0 Å². The molecule has 1 aliphatic rings. The zero-order valence-electron chi connectivity index (χ0n) is 17.6. The van der Waals surface area contributed by atoms with Crippen molar-refractivity contribution >= 4 is 28.2 Å². The molecule has 0 radical (unpaired) electrons. The van der Waals surface area contributed by atoms with Crippen molar-refractivity contribution in [2.45, 2.75) is 13.0 Å². The van der Waals surface area contributed by atoms with E-state index in [0.29, 0.717) is 12.1 Å². The van der Waals surface area contributed by atoms with E-state index in [-0.39, 0.29) is 0 Å². The molecule has 0 spiro atoms. The largest absolute Gasteiger partial charge is 0.366 e. The lowest BCUT2D eigenvalue weighted by Gasteiger charge is -2.28. The van der Waals surface area contributed by atoms with Crippen molar-refractivity contribution in [1.82, 2.24) is 15.0 Å². The molecular weight excluding hydrogens is 400 g/mol. The number of anilines is 1. The van der Waals surface area contributed by atoms with Crippen LogP contribution in [0.2, 0.25) is 0 Å². The molecule has 2 N–H and O–H groups in total. The Morgan fingerprint density at radius 3 is 2.59 bits per heavy atom. The molecule has 2 aromatic heterocycles. The Hall–Kier alpha value is -3.90. The van der Waals surface area contributed by atoms with Crippen LogP contribution in [-0.2, 0) is 6.54 Å². The lowest BCUT2D eigenvalue weighted by molar-refractivity contribution is 0.0706. The number of amides is 1. The van der Waals surface area contributed by atoms with Gasteiger partial charge in [0, 0.05) is 36.8 Å². The number of benzene rings is 2. The molecule has 0 bridgehead atoms. The van der Waals surface area contributed by atoms with Gasteiger partial charge in [0.25, 0.3) is 5.91 Å². The highest BCUT2D eigenvalue weighted by atomic mass is 16.5. The van der Waals surface area contributed by atoms with Crippen molar-refractivity contribution < 1.29 is 10.0 Å². The minimum atomic E-state index is -0.513. The molecule has 0 unspecified atom stereocenters. The highest BCUT2D eigenvalue weighted by Gasteiger charge is 2.15. The van der Waals surface area contributed by atoms with Crippen LogP contribution in [0.4, 0.5) is 5.69 Å². The molecule has 4 aromatic rings. The normalized spacial score (nSPS) is 13.8. The Kier molecular flexibility index (Phi) is 5.44. The lowest BCUT2D eigenvalue weighted by Crippen LogP contribution is -2.28. The van der Waals surface area contributed by atoms with E-state index in [1.807, 2.05) is 24.5 Å². The third kappa shape index (κ3) is 4.00. The van der Waals surface area contributed by atoms with Gasteiger partial charge < -0.3 is 9.47 Å². The number of rotatable bonds is 5. The number of hydroxylamine groups is 1. The predicted molar refractivity (Wildman–Crippen MR) is 126 cm³/mol. The second-order valence-electron chi connectivity index (χ2n) is 7.98. The summed E-state index contributed by atoms with van der Waals surface area (Å²) in [5.74, 6) is -0.513. The van der Waals surface area contributed by atoms with Crippen molar-refractivity contribution in [2.24, 2.45) is 0 Å². The summed E-state index contributed by atoms with van der Waals surface area (Å²) in [6.07, 6.45) is 7.33. The second-order valence-corrected chi connectivity index (χ2v) is 7.98. The molecule has 1 amide bonds. The Morgan fingerprint density at radius 2 is 1.88 bits per heavy atom. The summed E-state index contributed by atoms with van der Waals surface area (Å²) in [4.78, 5) is 18.6. The third-order valence-corrected chi connectivity index (χ3v) is 5.98. The van der Waals surface area contributed by atoms with Gasteiger partial charge in [0.2, 0.25) is 0 Å². The molecule has 0 saturated heterocycles. The zero-order valence-corrected chi connectivity index (χ0v) is 17.6. The fraction of sp³-hybridized carbons (Fsp3) is 0.154. The predicted octanol–water partition coefficient (Wildman–Crippen LogP) is 4.50. The standard InChI is InChI=1S/C26H24N4O2/c31-26(28-32)22-8-6-19(7-9-22)18-30-15-12-23-16-24(17-27-25(23)30)29-13-10-21(11-14-29)20-4-2-1-3-5-20/h1-10,12,15-17,32H,11,13-14,18H2,(H,28,31). The number of carbonyl (C=O) groups is 1. The van der Waals surface area contributed by atoms with Crippen molar-refractivity contribution in [3.8, 4) is 0 Å². The number of pyridine rings is 1. The molecule has 0 saturated carbocycles. The summed E-state index contributed by atoms with van der Waals surface area (Å²) in [6, 6.07) is 22.0. The van der Waals surface area contributed by atoms with Crippen LogP contribution in [0.15, 0.2) is 85.2 Å². The van der Waals surface area contributed by atoms with Gasteiger partial charge in [-0.15, -0.1) is 0 Å². The number of carbonyl (C=O) groups excluding carboxylic acids is 1. The van der Waals surface area contributed by atoms with Crippen LogP contribution in [0, 0.1) is 0 Å². The molecule has 2 aromatic carbocycles. The van der Waals surface area contributed by atoms with Crippen LogP contribution in [0.25, 0.3) is 16.6 Å². The number of hydrogen-bond acceptors (Lipinski definition) is 4. The van der Waals surface area contributed by atoms with Crippen LogP contribution in [0.3, 0.4) is 0 Å². The van der Waals surface area contributed by atoms with Gasteiger partial charge in [-0.3, -0.25) is 10.0 Å². The summed E-state index contributed by atoms with van der Waals surface area (Å²) in [5.41, 5.74) is 7.91. The molecule has 3 heterocycles. The van der Waals surface area contributed by atoms with Crippen LogP contribution < -0.4 is 10.4 Å². The van der Waals surface area contributed by atoms with E-state index in [1.54, 1.807) is 17.6 Å². The SMILES string of the molecule is O=C(NO)c1ccc(Cn2ccc3cc(N4CC=C(c5ccccc5)CC4)cnc32)cc1. The van der Waals surface area contributed by atoms with Crippen molar-refractivity contribution in [2.75, 3.05) is 18.0 Å². The van der Waals surface area contributed by atoms with Gasteiger partial charge in [-0.05, 0) is 47.4 Å². The zero-order chi connectivity index (χ0) is 21.9. The van der Waals surface area contributed by atoms with E-state index in [0.717, 1.165) is 41.8 Å². The molecule has 0 atom stereocenters. The van der Waals surface area contributed by atoms with E-state index in [9.17, 15) is 4.79 Å². The highest BCUT2D eigenvalue weighted by Crippen LogP contribution is 2.27. The molecule has 6 heteroatoms. The van der Waals surface area contributed by atoms with Crippen LogP contribution in [0.1, 0.15) is 27.9 Å². The molecular formula is C26H24N4O2. The maximum Gasteiger partial charge on any atom is 0.274 e. The van der Waals surface area contributed by atoms with E-state index in [4.69, 9.17) is 10.2 Å². The third-order valence-electron chi connectivity index (χ3n) is 5.98. The lowest BCUT2D eigenvalue weighted by atomic mass is 9.99. The Labute approximate surface area is 186 Å². The topological polar surface area (TPSA) is 70.4 Å². The minimum Gasteiger partial charge on any atom is -0.366 e. The van der Waals surface area contributed by atoms with Gasteiger partial charge in [0.1, 0.15) is 5.65 Å². The maximum absolute atomic E-state index is 11.5. The van der Waals surface area contributed by atoms with Gasteiger partial charge >= 0.3 is 0 Å². The number of nitrogens with one attached hydrogen (secondary N) is 1. The van der Waals surface area contributed by atoms with Gasteiger partial charge in [-0.2, -0.15) is 0 Å². The molecule has 0 aliphatic carbocycles.